The van der Waals surface area contributed by atoms with E-state index in [0.29, 0.717) is 16.7 Å². The van der Waals surface area contributed by atoms with E-state index in [-0.39, 0.29) is 59.5 Å². The topological polar surface area (TPSA) is 49.1 Å². The second kappa shape index (κ2) is 39.0. The summed E-state index contributed by atoms with van der Waals surface area (Å²) in [4.78, 5) is 6.74. The quantitative estimate of drug-likeness (QED) is 0.0853. The molecule has 3 aromatic heterocycles. The number of benzene rings is 25. The fourth-order valence-corrected chi connectivity index (χ4v) is 20.8. The van der Waals surface area contributed by atoms with Gasteiger partial charge in [0.25, 0.3) is 0 Å². The first-order valence-corrected chi connectivity index (χ1v) is 49.6. The normalized spacial score (nSPS) is 12.3. The Labute approximate surface area is 872 Å². The Hall–Kier alpha value is -19.7. The van der Waals surface area contributed by atoms with E-state index >= 15 is 0 Å². The summed E-state index contributed by atoms with van der Waals surface area (Å²) in [6.07, 6.45) is 0. The maximum Gasteiger partial charge on any atom is 0.143 e. The molecule has 6 heteroatoms. The average Bonchev–Trinajstić information content (AvgIpc) is 1.51. The van der Waals surface area contributed by atoms with Gasteiger partial charge >= 0.3 is 0 Å². The van der Waals surface area contributed by atoms with E-state index in [9.17, 15) is 0 Å². The molecule has 0 amide bonds. The minimum absolute atomic E-state index is 0.130. The van der Waals surface area contributed by atoms with Gasteiger partial charge < -0.3 is 28.0 Å². The van der Waals surface area contributed by atoms with Gasteiger partial charge in [-0.25, -0.2) is 0 Å². The van der Waals surface area contributed by atoms with Gasteiger partial charge in [-0.15, -0.1) is 0 Å². The SMILES string of the molecule is [2H]c1c([2H])c([2H])c(-c2ccc(N(c3ccccc3)c3ccc(-c4cc5cc(-c6c([2H])c([2H])c([2H])c([2H])c6[2H])ccc5c5oc6ccccc6c45)cc3)cc2)c([2H])c1[2H].c1ccc(-c2ccc(N(c3ccc(-c4ccc5ccc6c7ccccc7oc6c5c4)cc3)c3ccc(-c4cccc5ccccc45)cc3)cc2)cc1.c1ccc(-c2ccc(N(c3ccc(-c4ccccc4)cc3)c3ccc(-c4ccc5ccc6c7ccccc7oc6c5c4)cc3)cc2)cc1. The zero-order chi connectivity index (χ0) is 107. The van der Waals surface area contributed by atoms with Gasteiger partial charge in [0.1, 0.15) is 33.5 Å². The van der Waals surface area contributed by atoms with Gasteiger partial charge in [-0.3, -0.25) is 0 Å². The summed E-state index contributed by atoms with van der Waals surface area (Å²) in [6, 6.07) is 176. The number of furan rings is 3. The van der Waals surface area contributed by atoms with Crippen LogP contribution < -0.4 is 14.7 Å². The molecule has 0 N–H and O–H groups in total. The van der Waals surface area contributed by atoms with Crippen molar-refractivity contribution < 1.29 is 27.0 Å². The first-order valence-electron chi connectivity index (χ1n) is 54.6. The lowest BCUT2D eigenvalue weighted by Crippen LogP contribution is -2.09. The van der Waals surface area contributed by atoms with Crippen molar-refractivity contribution in [3.05, 3.63) is 576 Å². The largest absolute Gasteiger partial charge is 0.455 e. The molecule has 148 heavy (non-hydrogen) atoms. The summed E-state index contributed by atoms with van der Waals surface area (Å²) >= 11 is 0. The van der Waals surface area contributed by atoms with Gasteiger partial charge in [0.2, 0.25) is 0 Å². The van der Waals surface area contributed by atoms with Crippen LogP contribution in [0, 0.1) is 0 Å². The number of para-hydroxylation sites is 4. The highest BCUT2D eigenvalue weighted by Crippen LogP contribution is 2.48. The minimum Gasteiger partial charge on any atom is -0.455 e. The van der Waals surface area contributed by atoms with Crippen molar-refractivity contribution in [3.63, 3.8) is 0 Å². The summed E-state index contributed by atoms with van der Waals surface area (Å²) < 4.78 is 102. The lowest BCUT2D eigenvalue weighted by molar-refractivity contribution is 0.672. The molecule has 0 aliphatic carbocycles. The van der Waals surface area contributed by atoms with Crippen LogP contribution in [0.2, 0.25) is 0 Å². The second-order valence-corrected chi connectivity index (χ2v) is 37.0. The van der Waals surface area contributed by atoms with Gasteiger partial charge in [0.05, 0.1) is 13.7 Å². The van der Waals surface area contributed by atoms with Crippen LogP contribution in [0.25, 0.3) is 209 Å². The Bertz CT molecular complexity index is 10200. The zero-order valence-corrected chi connectivity index (χ0v) is 80.1. The summed E-state index contributed by atoms with van der Waals surface area (Å²) in [5.41, 5.74) is 31.6. The molecule has 28 rings (SSSR count). The molecule has 6 nitrogen and oxygen atoms in total. The summed E-state index contributed by atoms with van der Waals surface area (Å²) in [5, 5.41) is 15.2. The molecule has 28 aromatic rings. The van der Waals surface area contributed by atoms with Crippen molar-refractivity contribution in [1.82, 2.24) is 0 Å². The Morgan fingerprint density at radius 3 is 0.831 bits per heavy atom. The first-order chi connectivity index (χ1) is 77.5. The van der Waals surface area contributed by atoms with E-state index in [2.05, 4.69) is 385 Å². The van der Waals surface area contributed by atoms with E-state index in [1.807, 2.05) is 127 Å². The zero-order valence-electron chi connectivity index (χ0n) is 90.1. The monoisotopic (exact) mass is 1900 g/mol. The highest BCUT2D eigenvalue weighted by molar-refractivity contribution is 6.22. The molecule has 0 aliphatic rings. The molecule has 3 heterocycles. The van der Waals surface area contributed by atoms with Crippen LogP contribution in [-0.2, 0) is 0 Å². The Balaban J connectivity index is 0.000000118. The van der Waals surface area contributed by atoms with Gasteiger partial charge in [-0.05, 0) is 297 Å². The minimum atomic E-state index is -0.439. The van der Waals surface area contributed by atoms with Gasteiger partial charge in [-0.2, -0.15) is 0 Å². The van der Waals surface area contributed by atoms with Crippen LogP contribution in [0.3, 0.4) is 0 Å². The standard InChI is InChI=1S/C50H33NO.2C46H31NO/c1-2-9-34(10-3-1)35-19-26-41(27-20-35)51(43-30-23-38(24-31-43)45-15-8-12-37-11-4-5-13-44(37)45)42-28-21-36(22-29-42)40-18-17-39-25-32-47-46-14-6-7-16-49(46)52-50(47)48(39)33-40;1-4-12-32(13-5-1)34-20-25-39(26-21-34)47(38-16-8-3-9-17-38)40-27-22-35(23-28-40)43-31-37-30-36(33-14-6-2-7-15-33)24-29-41(37)46-45(43)42-18-10-11-19-44(42)48-46;1-3-9-32(10-4-1)34-17-24-39(25-18-34)47(40-26-19-35(20-27-40)33-11-5-2-6-12-33)41-28-21-36(22-29-41)38-16-15-37-23-30-43-42-13-7-8-14-45(42)48-46(43)44(37)31-38/h1-33H;2*1-31H/i;1D,2D,4D,5D,6D,7D,12D,13D,14D,15D;. The molecule has 0 bridgehead atoms. The summed E-state index contributed by atoms with van der Waals surface area (Å²) in [5.74, 6) is 0. The molecule has 0 radical (unpaired) electrons. The highest BCUT2D eigenvalue weighted by Gasteiger charge is 2.24. The van der Waals surface area contributed by atoms with Crippen LogP contribution in [0.15, 0.2) is 589 Å². The average molecular weight is 1900 g/mol. The predicted octanol–water partition coefficient (Wildman–Crippen LogP) is 40.8. The van der Waals surface area contributed by atoms with Gasteiger partial charge in [-0.1, -0.05) is 406 Å². The molecular formula is C142H95N3O3. The van der Waals surface area contributed by atoms with Crippen molar-refractivity contribution >= 4 is 160 Å². The second-order valence-electron chi connectivity index (χ2n) is 37.0. The third-order valence-electron chi connectivity index (χ3n) is 28.2. The van der Waals surface area contributed by atoms with Crippen LogP contribution in [0.5, 0.6) is 0 Å². The van der Waals surface area contributed by atoms with E-state index in [0.717, 1.165) is 166 Å². The molecule has 0 saturated heterocycles. The van der Waals surface area contributed by atoms with E-state index in [4.69, 9.17) is 27.0 Å². The van der Waals surface area contributed by atoms with Gasteiger partial charge in [0, 0.05) is 99.7 Å². The number of anilines is 9. The van der Waals surface area contributed by atoms with Crippen LogP contribution in [0.1, 0.15) is 13.7 Å². The third kappa shape index (κ3) is 17.2. The summed E-state index contributed by atoms with van der Waals surface area (Å²) in [6.45, 7) is 0. The lowest BCUT2D eigenvalue weighted by Gasteiger charge is -2.26. The van der Waals surface area contributed by atoms with E-state index in [1.54, 1.807) is 18.2 Å². The maximum absolute atomic E-state index is 8.60. The maximum atomic E-state index is 8.60. The number of nitrogens with zero attached hydrogens (tertiary/aromatic N) is 3. The Morgan fingerprint density at radius 2 is 0.412 bits per heavy atom. The van der Waals surface area contributed by atoms with E-state index < -0.39 is 12.1 Å². The molecule has 0 fully saturated rings. The number of fused-ring (bicyclic) bond motifs is 16. The van der Waals surface area contributed by atoms with Crippen molar-refractivity contribution in [2.24, 2.45) is 0 Å². The molecule has 0 spiro atoms. The predicted molar refractivity (Wildman–Crippen MR) is 624 cm³/mol. The lowest BCUT2D eigenvalue weighted by atomic mass is 9.93. The Morgan fingerprint density at radius 1 is 0.142 bits per heavy atom. The number of rotatable bonds is 18. The molecular weight excluding hydrogens is 1800 g/mol. The van der Waals surface area contributed by atoms with Crippen molar-refractivity contribution in [2.75, 3.05) is 14.7 Å². The number of hydrogen-bond donors (Lipinski definition) is 0. The van der Waals surface area contributed by atoms with Crippen LogP contribution in [-0.4, -0.2) is 0 Å². The fourth-order valence-electron chi connectivity index (χ4n) is 20.8. The van der Waals surface area contributed by atoms with Gasteiger partial charge in [0.15, 0.2) is 0 Å². The van der Waals surface area contributed by atoms with Crippen LogP contribution >= 0.6 is 0 Å². The molecule has 0 saturated carbocycles. The van der Waals surface area contributed by atoms with Crippen LogP contribution in [0.4, 0.5) is 51.2 Å². The first kappa shape index (κ1) is 78.0. The smallest absolute Gasteiger partial charge is 0.143 e. The molecule has 25 aromatic carbocycles. The van der Waals surface area contributed by atoms with Crippen molar-refractivity contribution in [2.45, 2.75) is 0 Å². The summed E-state index contributed by atoms with van der Waals surface area (Å²) in [7, 11) is 0. The fraction of sp³-hybridized carbons (Fsp3) is 0. The highest BCUT2D eigenvalue weighted by atomic mass is 16.3. The molecule has 0 unspecified atom stereocenters. The van der Waals surface area contributed by atoms with Crippen molar-refractivity contribution in [1.29, 1.82) is 0 Å². The number of hydrogen-bond acceptors (Lipinski definition) is 6. The molecule has 696 valence electrons. The van der Waals surface area contributed by atoms with Crippen molar-refractivity contribution in [3.8, 4) is 100 Å². The third-order valence-corrected chi connectivity index (χ3v) is 28.2. The molecule has 0 aliphatic heterocycles. The molecule has 0 atom stereocenters. The Kier molecular flexibility index (Phi) is 20.5. The van der Waals surface area contributed by atoms with E-state index in [1.165, 1.54) is 66.1 Å².